The van der Waals surface area contributed by atoms with Gasteiger partial charge >= 0.3 is 5.97 Å². The second-order valence-electron chi connectivity index (χ2n) is 11.1. The normalized spacial score (nSPS) is 14.1. The van der Waals surface area contributed by atoms with Crippen molar-refractivity contribution in [2.24, 2.45) is 5.92 Å². The molecule has 42 heavy (non-hydrogen) atoms. The average Bonchev–Trinajstić information content (AvgIpc) is 2.95. The van der Waals surface area contributed by atoms with Gasteiger partial charge < -0.3 is 28.6 Å². The summed E-state index contributed by atoms with van der Waals surface area (Å²) in [5.74, 6) is 1.48. The maximum atomic E-state index is 12.1. The molecule has 0 aliphatic heterocycles. The summed E-state index contributed by atoms with van der Waals surface area (Å²) in [4.78, 5) is 25.7. The number of halogens is 1. The highest BCUT2D eigenvalue weighted by atomic mass is 79.9. The van der Waals surface area contributed by atoms with Crippen LogP contribution in [0.5, 0.6) is 5.75 Å². The van der Waals surface area contributed by atoms with Gasteiger partial charge in [-0.2, -0.15) is 0 Å². The van der Waals surface area contributed by atoms with Gasteiger partial charge in [-0.3, -0.25) is 4.79 Å². The van der Waals surface area contributed by atoms with Gasteiger partial charge in [0.05, 0.1) is 26.4 Å². The van der Waals surface area contributed by atoms with E-state index < -0.39 is 0 Å². The van der Waals surface area contributed by atoms with Crippen molar-refractivity contribution in [2.45, 2.75) is 91.5 Å². The van der Waals surface area contributed by atoms with Gasteiger partial charge in [-0.1, -0.05) is 34.3 Å². The summed E-state index contributed by atoms with van der Waals surface area (Å²) >= 11 is 3.63. The third-order valence-corrected chi connectivity index (χ3v) is 7.87. The zero-order valence-electron chi connectivity index (χ0n) is 26.5. The van der Waals surface area contributed by atoms with E-state index in [-0.39, 0.29) is 11.9 Å². The van der Waals surface area contributed by atoms with Crippen LogP contribution < -0.4 is 4.74 Å². The lowest BCUT2D eigenvalue weighted by Crippen LogP contribution is -2.15. The molecule has 0 aromatic heterocycles. The SMILES string of the molecule is CCOCC(C=O)CCOC1=CCCC(CCCCCCOc2cc(Br)cc(CN(C)C)c2C)=C1CCC(=O)OCC. The molecule has 0 saturated heterocycles. The highest BCUT2D eigenvalue weighted by Gasteiger charge is 2.19. The van der Waals surface area contributed by atoms with Crippen LogP contribution in [0.4, 0.5) is 0 Å². The first-order valence-corrected chi connectivity index (χ1v) is 16.4. The fourth-order valence-corrected chi connectivity index (χ4v) is 5.61. The smallest absolute Gasteiger partial charge is 0.306 e. The van der Waals surface area contributed by atoms with E-state index in [0.29, 0.717) is 52.3 Å². The van der Waals surface area contributed by atoms with E-state index in [1.807, 2.05) is 13.8 Å². The molecule has 1 aliphatic carbocycles. The topological polar surface area (TPSA) is 74.3 Å². The Morgan fingerprint density at radius 2 is 1.83 bits per heavy atom. The largest absolute Gasteiger partial charge is 0.494 e. The van der Waals surface area contributed by atoms with Crippen molar-refractivity contribution < 1.29 is 28.5 Å². The van der Waals surface area contributed by atoms with Crippen LogP contribution in [-0.2, 0) is 30.3 Å². The van der Waals surface area contributed by atoms with Gasteiger partial charge in [0.25, 0.3) is 0 Å². The molecule has 8 heteroatoms. The molecule has 1 aromatic rings. The summed E-state index contributed by atoms with van der Waals surface area (Å²) < 4.78 is 24.0. The molecular formula is C34H52BrNO6. The fraction of sp³-hybridized carbons (Fsp3) is 0.647. The predicted octanol–water partition coefficient (Wildman–Crippen LogP) is 7.72. The summed E-state index contributed by atoms with van der Waals surface area (Å²) in [6.07, 6.45) is 11.9. The zero-order valence-corrected chi connectivity index (χ0v) is 28.1. The molecule has 0 N–H and O–H groups in total. The van der Waals surface area contributed by atoms with Crippen LogP contribution in [0.3, 0.4) is 0 Å². The number of hydrogen-bond donors (Lipinski definition) is 0. The van der Waals surface area contributed by atoms with Gasteiger partial charge in [-0.25, -0.2) is 0 Å². The first-order valence-electron chi connectivity index (χ1n) is 15.6. The van der Waals surface area contributed by atoms with Crippen molar-refractivity contribution in [3.05, 3.63) is 50.7 Å². The fourth-order valence-electron chi connectivity index (χ4n) is 5.13. The lowest BCUT2D eigenvalue weighted by Gasteiger charge is -2.23. The van der Waals surface area contributed by atoms with Gasteiger partial charge in [0.2, 0.25) is 0 Å². The van der Waals surface area contributed by atoms with Crippen molar-refractivity contribution >= 4 is 28.2 Å². The molecule has 1 aliphatic rings. The summed E-state index contributed by atoms with van der Waals surface area (Å²) in [6.45, 7) is 9.33. The van der Waals surface area contributed by atoms with Gasteiger partial charge in [0.1, 0.15) is 17.8 Å². The molecule has 0 bridgehead atoms. The number of hydrogen-bond acceptors (Lipinski definition) is 7. The standard InChI is InChI=1S/C34H52BrNO6/c1-6-39-25-27(24-37)18-20-42-32-15-12-14-28(31(32)16-17-34(38)40-7-2)13-10-8-9-11-19-41-33-22-30(35)21-29(26(33)3)23-36(4)5/h15,21-22,24,27H,6-14,16-20,23,25H2,1-5H3. The van der Waals surface area contributed by atoms with Crippen molar-refractivity contribution in [3.63, 3.8) is 0 Å². The molecule has 0 radical (unpaired) electrons. The minimum atomic E-state index is -0.179. The van der Waals surface area contributed by atoms with Crippen LogP contribution in [0.1, 0.15) is 89.2 Å². The number of aldehydes is 1. The molecule has 0 fully saturated rings. The maximum absolute atomic E-state index is 12.1. The molecule has 0 saturated carbocycles. The zero-order chi connectivity index (χ0) is 30.7. The molecule has 0 spiro atoms. The van der Waals surface area contributed by atoms with E-state index in [2.05, 4.69) is 60.1 Å². The van der Waals surface area contributed by atoms with Crippen LogP contribution in [0, 0.1) is 12.8 Å². The second-order valence-corrected chi connectivity index (χ2v) is 12.0. The summed E-state index contributed by atoms with van der Waals surface area (Å²) in [6, 6.07) is 4.23. The Bertz CT molecular complexity index is 1040. The minimum absolute atomic E-state index is 0.169. The first-order chi connectivity index (χ1) is 20.3. The van der Waals surface area contributed by atoms with Crippen molar-refractivity contribution in [1.29, 1.82) is 0 Å². The molecule has 1 aromatic carbocycles. The Kier molecular flexibility index (Phi) is 17.8. The molecule has 2 rings (SSSR count). The Labute approximate surface area is 262 Å². The number of allylic oxidation sites excluding steroid dienone is 3. The van der Waals surface area contributed by atoms with Gasteiger partial charge in [-0.05, 0) is 115 Å². The minimum Gasteiger partial charge on any atom is -0.494 e. The monoisotopic (exact) mass is 649 g/mol. The van der Waals surface area contributed by atoms with Gasteiger partial charge in [0.15, 0.2) is 0 Å². The lowest BCUT2D eigenvalue weighted by atomic mass is 9.89. The summed E-state index contributed by atoms with van der Waals surface area (Å²) in [7, 11) is 4.15. The van der Waals surface area contributed by atoms with E-state index in [9.17, 15) is 9.59 Å². The number of ether oxygens (including phenoxy) is 4. The molecule has 236 valence electrons. The van der Waals surface area contributed by atoms with E-state index in [1.54, 1.807) is 0 Å². The second kappa shape index (κ2) is 20.7. The van der Waals surface area contributed by atoms with Crippen LogP contribution in [0.25, 0.3) is 0 Å². The van der Waals surface area contributed by atoms with Crippen LogP contribution >= 0.6 is 15.9 Å². The van der Waals surface area contributed by atoms with Crippen LogP contribution in [0.2, 0.25) is 0 Å². The van der Waals surface area contributed by atoms with Crippen molar-refractivity contribution in [1.82, 2.24) is 4.90 Å². The Morgan fingerprint density at radius 3 is 2.55 bits per heavy atom. The Balaban J connectivity index is 1.88. The van der Waals surface area contributed by atoms with E-state index in [1.165, 1.54) is 16.7 Å². The lowest BCUT2D eigenvalue weighted by molar-refractivity contribution is -0.143. The molecule has 0 amide bonds. The van der Waals surface area contributed by atoms with E-state index in [0.717, 1.165) is 79.3 Å². The Hall–Kier alpha value is -2.16. The van der Waals surface area contributed by atoms with E-state index in [4.69, 9.17) is 18.9 Å². The molecule has 1 atom stereocenters. The van der Waals surface area contributed by atoms with Crippen LogP contribution in [-0.4, -0.2) is 64.3 Å². The predicted molar refractivity (Wildman–Crippen MR) is 172 cm³/mol. The number of rotatable bonds is 22. The third kappa shape index (κ3) is 13.4. The molecule has 1 unspecified atom stereocenters. The molecular weight excluding hydrogens is 598 g/mol. The third-order valence-electron chi connectivity index (χ3n) is 7.41. The number of unbranched alkanes of at least 4 members (excludes halogenated alkanes) is 3. The number of benzene rings is 1. The summed E-state index contributed by atoms with van der Waals surface area (Å²) in [5, 5.41) is 0. The number of carbonyl (C=O) groups excluding carboxylic acids is 2. The highest BCUT2D eigenvalue weighted by Crippen LogP contribution is 2.33. The van der Waals surface area contributed by atoms with Crippen LogP contribution in [0.15, 0.2) is 39.6 Å². The highest BCUT2D eigenvalue weighted by molar-refractivity contribution is 9.10. The maximum Gasteiger partial charge on any atom is 0.306 e. The van der Waals surface area contributed by atoms with Crippen molar-refractivity contribution in [2.75, 3.05) is 47.1 Å². The number of nitrogens with zero attached hydrogens (tertiary/aromatic N) is 1. The molecule has 0 heterocycles. The number of carbonyl (C=O) groups is 2. The number of esters is 1. The summed E-state index contributed by atoms with van der Waals surface area (Å²) in [5.41, 5.74) is 5.00. The first kappa shape index (κ1) is 36.0. The molecule has 7 nitrogen and oxygen atoms in total. The Morgan fingerprint density at radius 1 is 1.05 bits per heavy atom. The van der Waals surface area contributed by atoms with E-state index >= 15 is 0 Å². The quantitative estimate of drug-likeness (QED) is 0.0723. The van der Waals surface area contributed by atoms with Gasteiger partial charge in [-0.15, -0.1) is 0 Å². The van der Waals surface area contributed by atoms with Crippen molar-refractivity contribution in [3.8, 4) is 5.75 Å². The average molecular weight is 651 g/mol. The van der Waals surface area contributed by atoms with Gasteiger partial charge in [0, 0.05) is 30.0 Å².